The number of benzene rings is 1. The fourth-order valence-corrected chi connectivity index (χ4v) is 1.45. The summed E-state index contributed by atoms with van der Waals surface area (Å²) in [5.41, 5.74) is 5.58. The highest BCUT2D eigenvalue weighted by molar-refractivity contribution is 5.93. The number of carboxylic acid groups (broad SMARTS) is 1. The molecule has 0 saturated carbocycles. The zero-order chi connectivity index (χ0) is 14.0. The highest BCUT2D eigenvalue weighted by atomic mass is 16.6. The number of carbonyl (C=O) groups is 1. The van der Waals surface area contributed by atoms with Gasteiger partial charge in [-0.05, 0) is 16.4 Å². The number of hydrogen-bond acceptors (Lipinski definition) is 8. The number of rotatable bonds is 5. The van der Waals surface area contributed by atoms with Crippen LogP contribution < -0.4 is 11.1 Å². The number of nitrogens with two attached hydrogens (primary N) is 1. The average molecular weight is 267 g/mol. The Hall–Kier alpha value is -2.75. The molecule has 0 fully saturated rings. The Morgan fingerprint density at radius 1 is 1.53 bits per heavy atom. The average Bonchev–Trinajstić information content (AvgIpc) is 2.83. The van der Waals surface area contributed by atoms with Crippen LogP contribution in [0.25, 0.3) is 11.0 Å². The quantitative estimate of drug-likeness (QED) is 0.498. The van der Waals surface area contributed by atoms with Crippen LogP contribution in [0.4, 0.5) is 11.4 Å². The summed E-state index contributed by atoms with van der Waals surface area (Å²) in [6, 6.07) is 1.51. The van der Waals surface area contributed by atoms with Gasteiger partial charge in [-0.3, -0.25) is 14.9 Å². The summed E-state index contributed by atoms with van der Waals surface area (Å²) in [4.78, 5) is 20.7. The molecule has 0 bridgehead atoms. The van der Waals surface area contributed by atoms with Crippen molar-refractivity contribution < 1.29 is 19.5 Å². The summed E-state index contributed by atoms with van der Waals surface area (Å²) >= 11 is 0. The van der Waals surface area contributed by atoms with Gasteiger partial charge in [0.1, 0.15) is 6.04 Å². The normalized spacial score (nSPS) is 12.3. The van der Waals surface area contributed by atoms with Gasteiger partial charge >= 0.3 is 11.7 Å². The number of non-ortho nitro benzene ring substituents is 1. The first-order valence-corrected chi connectivity index (χ1v) is 5.12. The van der Waals surface area contributed by atoms with Gasteiger partial charge in [-0.15, -0.1) is 0 Å². The third kappa shape index (κ3) is 2.42. The number of carboxylic acids is 1. The van der Waals surface area contributed by atoms with Crippen molar-refractivity contribution in [1.29, 1.82) is 0 Å². The Morgan fingerprint density at radius 2 is 2.21 bits per heavy atom. The highest BCUT2D eigenvalue weighted by Gasteiger charge is 2.20. The first-order valence-electron chi connectivity index (χ1n) is 5.12. The van der Waals surface area contributed by atoms with E-state index in [1.165, 1.54) is 12.1 Å². The molecule has 1 aromatic carbocycles. The van der Waals surface area contributed by atoms with E-state index in [4.69, 9.17) is 10.8 Å². The maximum atomic E-state index is 10.8. The molecule has 2 aromatic rings. The van der Waals surface area contributed by atoms with Crippen LogP contribution in [-0.2, 0) is 4.79 Å². The molecule has 10 heteroatoms. The molecule has 19 heavy (non-hydrogen) atoms. The first-order chi connectivity index (χ1) is 9.00. The fourth-order valence-electron chi connectivity index (χ4n) is 1.45. The lowest BCUT2D eigenvalue weighted by molar-refractivity contribution is -0.383. The van der Waals surface area contributed by atoms with Crippen LogP contribution in [0.1, 0.15) is 0 Å². The molecule has 0 aliphatic carbocycles. The molecular weight excluding hydrogens is 258 g/mol. The van der Waals surface area contributed by atoms with Crippen LogP contribution in [0.15, 0.2) is 16.8 Å². The molecule has 0 unspecified atom stereocenters. The van der Waals surface area contributed by atoms with E-state index in [9.17, 15) is 14.9 Å². The van der Waals surface area contributed by atoms with Crippen LogP contribution in [0.5, 0.6) is 0 Å². The Bertz CT molecular complexity index is 639. The maximum Gasteiger partial charge on any atom is 0.322 e. The van der Waals surface area contributed by atoms with Crippen LogP contribution in [0, 0.1) is 10.1 Å². The van der Waals surface area contributed by atoms with Gasteiger partial charge in [0.15, 0.2) is 5.52 Å². The van der Waals surface area contributed by atoms with Crippen molar-refractivity contribution in [2.24, 2.45) is 5.73 Å². The van der Waals surface area contributed by atoms with Crippen molar-refractivity contribution >= 4 is 28.4 Å². The number of nitrogens with one attached hydrogen (secondary N) is 1. The number of nitrogens with zero attached hydrogens (tertiary/aromatic N) is 3. The topological polar surface area (TPSA) is 157 Å². The summed E-state index contributed by atoms with van der Waals surface area (Å²) < 4.78 is 4.46. The summed E-state index contributed by atoms with van der Waals surface area (Å²) in [5.74, 6) is -1.16. The van der Waals surface area contributed by atoms with Gasteiger partial charge < -0.3 is 16.2 Å². The van der Waals surface area contributed by atoms with Crippen molar-refractivity contribution in [3.05, 3.63) is 22.2 Å². The van der Waals surface area contributed by atoms with Crippen molar-refractivity contribution in [2.75, 3.05) is 11.9 Å². The van der Waals surface area contributed by atoms with Gasteiger partial charge in [-0.1, -0.05) is 0 Å². The van der Waals surface area contributed by atoms with E-state index in [1.54, 1.807) is 0 Å². The standard InChI is InChI=1S/C9H9N5O5/c10-4(9(15)16)3-11-5-1-2-6(14(17)18)8-7(5)12-19-13-8/h1-2,4,11H,3,10H2,(H,15,16)/t4-/m1/s1. The summed E-state index contributed by atoms with van der Waals surface area (Å²) in [6.45, 7) is -0.0604. The van der Waals surface area contributed by atoms with Crippen LogP contribution in [0.3, 0.4) is 0 Å². The number of aromatic nitrogens is 2. The number of anilines is 1. The van der Waals surface area contributed by atoms with Gasteiger partial charge in [0.25, 0.3) is 0 Å². The second-order valence-electron chi connectivity index (χ2n) is 3.68. The highest BCUT2D eigenvalue weighted by Crippen LogP contribution is 2.28. The van der Waals surface area contributed by atoms with Crippen molar-refractivity contribution in [2.45, 2.75) is 6.04 Å². The summed E-state index contributed by atoms with van der Waals surface area (Å²) in [7, 11) is 0. The second-order valence-corrected chi connectivity index (χ2v) is 3.68. The predicted molar refractivity (Wildman–Crippen MR) is 62.6 cm³/mol. The molecule has 0 aliphatic heterocycles. The molecule has 2 rings (SSSR count). The van der Waals surface area contributed by atoms with E-state index in [0.717, 1.165) is 0 Å². The van der Waals surface area contributed by atoms with E-state index in [0.29, 0.717) is 5.69 Å². The zero-order valence-corrected chi connectivity index (χ0v) is 9.44. The molecule has 4 N–H and O–H groups in total. The van der Waals surface area contributed by atoms with Crippen LogP contribution >= 0.6 is 0 Å². The molecule has 1 atom stereocenters. The van der Waals surface area contributed by atoms with Crippen LogP contribution in [0.2, 0.25) is 0 Å². The number of hydrogen-bond donors (Lipinski definition) is 3. The lowest BCUT2D eigenvalue weighted by Crippen LogP contribution is -2.36. The number of aliphatic carboxylic acids is 1. The van der Waals surface area contributed by atoms with Gasteiger partial charge in [-0.2, -0.15) is 0 Å². The van der Waals surface area contributed by atoms with Gasteiger partial charge in [0, 0.05) is 12.6 Å². The van der Waals surface area contributed by atoms with E-state index in [2.05, 4.69) is 20.3 Å². The third-order valence-electron chi connectivity index (χ3n) is 2.42. The van der Waals surface area contributed by atoms with Crippen LogP contribution in [-0.4, -0.2) is 38.9 Å². The Labute approximate surface area is 105 Å². The first kappa shape index (κ1) is 12.7. The maximum absolute atomic E-state index is 10.8. The largest absolute Gasteiger partial charge is 0.480 e. The number of fused-ring (bicyclic) bond motifs is 1. The van der Waals surface area contributed by atoms with Crippen molar-refractivity contribution in [1.82, 2.24) is 10.3 Å². The molecule has 0 radical (unpaired) electrons. The molecule has 0 aliphatic rings. The van der Waals surface area contributed by atoms with Gasteiger partial charge in [-0.25, -0.2) is 4.63 Å². The van der Waals surface area contributed by atoms with Crippen molar-refractivity contribution in [3.8, 4) is 0 Å². The van der Waals surface area contributed by atoms with E-state index < -0.39 is 16.9 Å². The molecule has 0 spiro atoms. The SMILES string of the molecule is N[C@H](CNc1ccc([N+](=O)[O-])c2nonc12)C(=O)O. The van der Waals surface area contributed by atoms with E-state index in [1.807, 2.05) is 0 Å². The monoisotopic (exact) mass is 267 g/mol. The lowest BCUT2D eigenvalue weighted by Gasteiger charge is -2.09. The predicted octanol–water partition coefficient (Wildman–Crippen LogP) is -0.0452. The minimum atomic E-state index is -1.16. The lowest BCUT2D eigenvalue weighted by atomic mass is 10.2. The van der Waals surface area contributed by atoms with E-state index in [-0.39, 0.29) is 23.3 Å². The third-order valence-corrected chi connectivity index (χ3v) is 2.42. The molecular formula is C9H9N5O5. The van der Waals surface area contributed by atoms with Crippen molar-refractivity contribution in [3.63, 3.8) is 0 Å². The molecule has 100 valence electrons. The molecule has 1 aromatic heterocycles. The zero-order valence-electron chi connectivity index (χ0n) is 9.44. The molecule has 1 heterocycles. The molecule has 10 nitrogen and oxygen atoms in total. The smallest absolute Gasteiger partial charge is 0.322 e. The molecule has 0 amide bonds. The number of nitro groups is 1. The van der Waals surface area contributed by atoms with Gasteiger partial charge in [0.2, 0.25) is 5.52 Å². The summed E-state index contributed by atoms with van der Waals surface area (Å²) in [5, 5.41) is 29.1. The Kier molecular flexibility index (Phi) is 3.25. The Balaban J connectivity index is 2.30. The minimum Gasteiger partial charge on any atom is -0.480 e. The van der Waals surface area contributed by atoms with E-state index >= 15 is 0 Å². The Morgan fingerprint density at radius 3 is 2.84 bits per heavy atom. The minimum absolute atomic E-state index is 0.0149. The molecule has 0 saturated heterocycles. The van der Waals surface area contributed by atoms with Gasteiger partial charge in [0.05, 0.1) is 10.6 Å². The summed E-state index contributed by atoms with van der Waals surface area (Å²) in [6.07, 6.45) is 0. The number of nitro benzene ring substituents is 1. The second kappa shape index (κ2) is 4.86. The fraction of sp³-hybridized carbons (Fsp3) is 0.222.